The molecular formula is C31H37F2N7O4. The summed E-state index contributed by atoms with van der Waals surface area (Å²) in [6, 6.07) is 2.28. The van der Waals surface area contributed by atoms with Gasteiger partial charge in [0.15, 0.2) is 23.1 Å². The molecular weight excluding hydrogens is 572 g/mol. The highest BCUT2D eigenvalue weighted by Crippen LogP contribution is 2.39. The smallest absolute Gasteiger partial charge is 0.243 e. The third-order valence-electron chi connectivity index (χ3n) is 7.18. The first-order valence-corrected chi connectivity index (χ1v) is 14.3. The molecule has 44 heavy (non-hydrogen) atoms. The summed E-state index contributed by atoms with van der Waals surface area (Å²) in [5, 5.41) is 11.2. The predicted molar refractivity (Wildman–Crippen MR) is 164 cm³/mol. The number of carbonyl (C=O) groups is 1. The second-order valence-electron chi connectivity index (χ2n) is 10.0. The third-order valence-corrected chi connectivity index (χ3v) is 7.18. The Kier molecular flexibility index (Phi) is 10.8. The molecule has 0 saturated heterocycles. The molecule has 0 unspecified atom stereocenters. The molecule has 0 saturated carbocycles. The van der Waals surface area contributed by atoms with Gasteiger partial charge in [-0.1, -0.05) is 26.8 Å². The second kappa shape index (κ2) is 14.7. The molecule has 0 aliphatic carbocycles. The van der Waals surface area contributed by atoms with Gasteiger partial charge in [0.1, 0.15) is 11.2 Å². The van der Waals surface area contributed by atoms with Crippen molar-refractivity contribution in [2.75, 3.05) is 33.3 Å². The standard InChI is InChI=1S/C31H37F2N7O4/c1-7-10-21(36-25(41)9-3)20(8-2)38-31-34-15-18-13-22(26-27(32)23(43-5)14-24(44-6)28(26)33)37-30(29(18)39-31)19-16-35-40(17-19)11-12-42-4/h9,13-17,20-21H,3,7-8,10-12H2,1-2,4-6H3,(H,36,41)(H,34,38,39)/t20-,21+/m1/s1. The van der Waals surface area contributed by atoms with Gasteiger partial charge in [-0.15, -0.1) is 0 Å². The van der Waals surface area contributed by atoms with E-state index in [1.54, 1.807) is 30.4 Å². The lowest BCUT2D eigenvalue weighted by atomic mass is 10.0. The van der Waals surface area contributed by atoms with Gasteiger partial charge in [0.25, 0.3) is 0 Å². The fourth-order valence-electron chi connectivity index (χ4n) is 4.92. The SMILES string of the molecule is C=CC(=O)N[C@@H](CCC)[C@@H](CC)Nc1ncc2cc(-c3c(F)c(OC)cc(OC)c3F)nc(-c3cnn(CCOC)c3)c2n1. The van der Waals surface area contributed by atoms with E-state index in [4.69, 9.17) is 24.2 Å². The van der Waals surface area contributed by atoms with Crippen LogP contribution in [-0.4, -0.2) is 70.7 Å². The number of carbonyl (C=O) groups excluding carboxylic acids is 1. The Morgan fingerprint density at radius 3 is 2.41 bits per heavy atom. The molecule has 0 spiro atoms. The van der Waals surface area contributed by atoms with Crippen molar-refractivity contribution in [1.29, 1.82) is 0 Å². The van der Waals surface area contributed by atoms with E-state index in [1.165, 1.54) is 26.4 Å². The summed E-state index contributed by atoms with van der Waals surface area (Å²) >= 11 is 0. The van der Waals surface area contributed by atoms with Crippen LogP contribution >= 0.6 is 0 Å². The largest absolute Gasteiger partial charge is 0.494 e. The number of anilines is 1. The van der Waals surface area contributed by atoms with Crippen LogP contribution in [0.2, 0.25) is 0 Å². The number of aromatic nitrogens is 5. The summed E-state index contributed by atoms with van der Waals surface area (Å²) in [7, 11) is 4.16. The second-order valence-corrected chi connectivity index (χ2v) is 10.0. The van der Waals surface area contributed by atoms with Gasteiger partial charge in [-0.05, 0) is 25.0 Å². The van der Waals surface area contributed by atoms with Crippen LogP contribution in [-0.2, 0) is 16.1 Å². The van der Waals surface area contributed by atoms with Gasteiger partial charge in [0.2, 0.25) is 11.9 Å². The minimum atomic E-state index is -0.923. The molecule has 0 bridgehead atoms. The Labute approximate surface area is 254 Å². The lowest BCUT2D eigenvalue weighted by Gasteiger charge is -2.27. The van der Waals surface area contributed by atoms with Gasteiger partial charge in [0.05, 0.1) is 44.8 Å². The molecule has 2 N–H and O–H groups in total. The Bertz CT molecular complexity index is 1600. The van der Waals surface area contributed by atoms with E-state index < -0.39 is 17.2 Å². The predicted octanol–water partition coefficient (Wildman–Crippen LogP) is 5.16. The van der Waals surface area contributed by atoms with E-state index in [0.717, 1.165) is 18.9 Å². The molecule has 1 aromatic carbocycles. The number of nitrogens with zero attached hydrogens (tertiary/aromatic N) is 5. The maximum absolute atomic E-state index is 15.5. The van der Waals surface area contributed by atoms with Gasteiger partial charge < -0.3 is 24.8 Å². The summed E-state index contributed by atoms with van der Waals surface area (Å²) < 4.78 is 48.2. The molecule has 13 heteroatoms. The van der Waals surface area contributed by atoms with Crippen LogP contribution in [0.4, 0.5) is 14.7 Å². The van der Waals surface area contributed by atoms with Crippen LogP contribution in [0.3, 0.4) is 0 Å². The maximum Gasteiger partial charge on any atom is 0.243 e. The summed E-state index contributed by atoms with van der Waals surface area (Å²) in [6.07, 6.45) is 8.43. The van der Waals surface area contributed by atoms with Crippen LogP contribution in [0.5, 0.6) is 11.5 Å². The Hall–Kier alpha value is -4.65. The monoisotopic (exact) mass is 609 g/mol. The molecule has 2 atom stereocenters. The Morgan fingerprint density at radius 2 is 1.80 bits per heavy atom. The molecule has 3 heterocycles. The van der Waals surface area contributed by atoms with Crippen LogP contribution in [0.15, 0.2) is 43.4 Å². The van der Waals surface area contributed by atoms with Crippen LogP contribution < -0.4 is 20.1 Å². The zero-order valence-corrected chi connectivity index (χ0v) is 25.5. The van der Waals surface area contributed by atoms with Crippen LogP contribution in [0.25, 0.3) is 33.4 Å². The van der Waals surface area contributed by atoms with Crippen molar-refractivity contribution in [3.8, 4) is 34.0 Å². The Balaban J connectivity index is 1.87. The minimum absolute atomic E-state index is 0.00441. The van der Waals surface area contributed by atoms with Gasteiger partial charge in [-0.2, -0.15) is 5.10 Å². The number of hydrogen-bond donors (Lipinski definition) is 2. The number of hydrogen-bond acceptors (Lipinski definition) is 9. The average Bonchev–Trinajstić information content (AvgIpc) is 3.51. The average molecular weight is 610 g/mol. The number of fused-ring (bicyclic) bond motifs is 1. The molecule has 0 aliphatic rings. The molecule has 4 aromatic rings. The fraction of sp³-hybridized carbons (Fsp3) is 0.387. The van der Waals surface area contributed by atoms with Crippen LogP contribution in [0.1, 0.15) is 33.1 Å². The first kappa shape index (κ1) is 32.3. The van der Waals surface area contributed by atoms with Crippen molar-refractivity contribution < 1.29 is 27.8 Å². The van der Waals surface area contributed by atoms with Crippen molar-refractivity contribution in [2.45, 2.75) is 51.7 Å². The summed E-state index contributed by atoms with van der Waals surface area (Å²) in [5.41, 5.74) is 0.929. The molecule has 4 rings (SSSR count). The van der Waals surface area contributed by atoms with Crippen LogP contribution in [0, 0.1) is 11.6 Å². The number of amides is 1. The van der Waals surface area contributed by atoms with E-state index in [1.807, 2.05) is 13.8 Å². The normalized spacial score (nSPS) is 12.5. The highest BCUT2D eigenvalue weighted by Gasteiger charge is 2.26. The molecule has 11 nitrogen and oxygen atoms in total. The van der Waals surface area contributed by atoms with Crippen molar-refractivity contribution in [1.82, 2.24) is 30.0 Å². The highest BCUT2D eigenvalue weighted by atomic mass is 19.1. The van der Waals surface area contributed by atoms with Crippen molar-refractivity contribution in [3.05, 3.63) is 55.0 Å². The highest BCUT2D eigenvalue weighted by molar-refractivity contribution is 5.94. The molecule has 0 radical (unpaired) electrons. The van der Waals surface area contributed by atoms with Crippen molar-refractivity contribution >= 4 is 22.8 Å². The zero-order valence-electron chi connectivity index (χ0n) is 25.5. The Morgan fingerprint density at radius 1 is 1.07 bits per heavy atom. The summed E-state index contributed by atoms with van der Waals surface area (Å²) in [6.45, 7) is 8.52. The molecule has 234 valence electrons. The molecule has 1 amide bonds. The quantitative estimate of drug-likeness (QED) is 0.176. The zero-order chi connectivity index (χ0) is 31.8. The van der Waals surface area contributed by atoms with E-state index in [-0.39, 0.29) is 35.2 Å². The summed E-state index contributed by atoms with van der Waals surface area (Å²) in [4.78, 5) is 26.1. The number of halogens is 2. The topological polar surface area (TPSA) is 125 Å². The first-order chi connectivity index (χ1) is 21.3. The first-order valence-electron chi connectivity index (χ1n) is 14.3. The minimum Gasteiger partial charge on any atom is -0.494 e. The maximum atomic E-state index is 15.5. The number of methoxy groups -OCH3 is 3. The van der Waals surface area contributed by atoms with E-state index in [0.29, 0.717) is 47.7 Å². The van der Waals surface area contributed by atoms with Crippen molar-refractivity contribution in [3.63, 3.8) is 0 Å². The number of ether oxygens (including phenoxy) is 3. The van der Waals surface area contributed by atoms with E-state index in [9.17, 15) is 4.79 Å². The lowest BCUT2D eigenvalue weighted by Crippen LogP contribution is -2.46. The fourth-order valence-corrected chi connectivity index (χ4v) is 4.92. The van der Waals surface area contributed by atoms with E-state index >= 15 is 8.78 Å². The van der Waals surface area contributed by atoms with Gasteiger partial charge >= 0.3 is 0 Å². The number of nitrogens with one attached hydrogen (secondary N) is 2. The summed E-state index contributed by atoms with van der Waals surface area (Å²) in [5.74, 6) is -2.19. The van der Waals surface area contributed by atoms with Crippen molar-refractivity contribution in [2.24, 2.45) is 0 Å². The van der Waals surface area contributed by atoms with Gasteiger partial charge in [0, 0.05) is 48.6 Å². The van der Waals surface area contributed by atoms with Gasteiger partial charge in [-0.25, -0.2) is 23.7 Å². The molecule has 3 aromatic heterocycles. The molecule has 0 aliphatic heterocycles. The van der Waals surface area contributed by atoms with E-state index in [2.05, 4.69) is 27.3 Å². The molecule has 0 fully saturated rings. The number of rotatable bonds is 15. The third kappa shape index (κ3) is 6.94. The number of benzene rings is 1. The lowest BCUT2D eigenvalue weighted by molar-refractivity contribution is -0.117. The van der Waals surface area contributed by atoms with Gasteiger partial charge in [-0.3, -0.25) is 9.48 Å². The number of pyridine rings is 1.